The van der Waals surface area contributed by atoms with Crippen molar-refractivity contribution in [3.05, 3.63) is 0 Å². The molecule has 0 saturated heterocycles. The second kappa shape index (κ2) is 36.2. The third-order valence-electron chi connectivity index (χ3n) is 10.0. The minimum absolute atomic E-state index is 0.0883. The number of alkyl halides is 1. The molecule has 0 fully saturated rings. The van der Waals surface area contributed by atoms with Crippen LogP contribution in [0.2, 0.25) is 6.04 Å². The molecule has 0 bridgehead atoms. The van der Waals surface area contributed by atoms with Crippen molar-refractivity contribution in [2.75, 3.05) is 19.8 Å². The molecule has 0 aromatic heterocycles. The quantitative estimate of drug-likeness (QED) is 0.0361. The lowest BCUT2D eigenvalue weighted by atomic mass is 9.89. The van der Waals surface area contributed by atoms with E-state index >= 15 is 0 Å². The third-order valence-corrected chi connectivity index (χ3v) is 13.5. The molecule has 0 aliphatic heterocycles. The van der Waals surface area contributed by atoms with E-state index in [4.69, 9.17) is 24.9 Å². The van der Waals surface area contributed by atoms with Crippen LogP contribution in [0.15, 0.2) is 0 Å². The molecule has 5 heteroatoms. The van der Waals surface area contributed by atoms with Crippen molar-refractivity contribution >= 4 is 20.4 Å². The van der Waals surface area contributed by atoms with Crippen LogP contribution in [-0.4, -0.2) is 33.5 Å². The van der Waals surface area contributed by atoms with Crippen LogP contribution in [-0.2, 0) is 13.3 Å². The molecule has 0 rings (SSSR count). The summed E-state index contributed by atoms with van der Waals surface area (Å²) in [7, 11) is -2.70. The first-order chi connectivity index (χ1) is 23.0. The predicted octanol–water partition coefficient (Wildman–Crippen LogP) is 15.5. The molecule has 0 unspecified atom stereocenters. The number of hydrogen-bond acceptors (Lipinski definition) is 3. The lowest BCUT2D eigenvalue weighted by molar-refractivity contribution is 0.0554. The minimum Gasteiger partial charge on any atom is -0.373 e. The first-order valence-corrected chi connectivity index (χ1v) is 23.9. The highest BCUT2D eigenvalue weighted by molar-refractivity contribution is 6.60. The summed E-state index contributed by atoms with van der Waals surface area (Å²) in [5.41, 5.74) is 0. The van der Waals surface area contributed by atoms with Crippen LogP contribution in [0.3, 0.4) is 0 Å². The highest BCUT2D eigenvalue weighted by Crippen LogP contribution is 2.36. The van der Waals surface area contributed by atoms with Crippen molar-refractivity contribution < 1.29 is 13.3 Å². The van der Waals surface area contributed by atoms with Gasteiger partial charge in [-0.25, -0.2) is 0 Å². The van der Waals surface area contributed by atoms with Gasteiger partial charge in [-0.3, -0.25) is 0 Å². The van der Waals surface area contributed by atoms with Gasteiger partial charge in [0.1, 0.15) is 0 Å². The Labute approximate surface area is 303 Å². The molecule has 0 radical (unpaired) electrons. The summed E-state index contributed by atoms with van der Waals surface area (Å²) in [5.74, 6) is 0. The van der Waals surface area contributed by atoms with E-state index in [-0.39, 0.29) is 4.87 Å². The fourth-order valence-electron chi connectivity index (χ4n) is 6.67. The van der Waals surface area contributed by atoms with E-state index in [1.165, 1.54) is 141 Å². The molecule has 0 aliphatic rings. The van der Waals surface area contributed by atoms with E-state index in [0.717, 1.165) is 90.1 Å². The van der Waals surface area contributed by atoms with Crippen LogP contribution in [0, 0.1) is 0 Å². The van der Waals surface area contributed by atoms with Gasteiger partial charge in [0.2, 0.25) is 0 Å². The van der Waals surface area contributed by atoms with Gasteiger partial charge in [0.25, 0.3) is 0 Å². The largest absolute Gasteiger partial charge is 0.500 e. The SMILES string of the molecule is CCCCCCCCCCCCCC(Cl)(CCCCCCCCCCCCC)CCC[Si](OCCCC)(OCCCC)OCCCC. The summed E-state index contributed by atoms with van der Waals surface area (Å²) in [4.78, 5) is -0.0883. The Hall–Kier alpha value is 0.387. The van der Waals surface area contributed by atoms with Gasteiger partial charge in [-0.2, -0.15) is 0 Å². The smallest absolute Gasteiger partial charge is 0.373 e. The van der Waals surface area contributed by atoms with E-state index < -0.39 is 8.80 Å². The Morgan fingerprint density at radius 2 is 0.596 bits per heavy atom. The van der Waals surface area contributed by atoms with E-state index in [1.54, 1.807) is 0 Å². The molecule has 0 spiro atoms. The summed E-state index contributed by atoms with van der Waals surface area (Å²) >= 11 is 7.59. The van der Waals surface area contributed by atoms with Gasteiger partial charge in [-0.15, -0.1) is 11.6 Å². The van der Waals surface area contributed by atoms with Gasteiger partial charge in [0, 0.05) is 30.7 Å². The molecule has 0 amide bonds. The Morgan fingerprint density at radius 3 is 0.894 bits per heavy atom. The molecule has 284 valence electrons. The van der Waals surface area contributed by atoms with Crippen LogP contribution in [0.4, 0.5) is 0 Å². The molecule has 0 heterocycles. The van der Waals surface area contributed by atoms with Crippen molar-refractivity contribution in [3.63, 3.8) is 0 Å². The maximum Gasteiger partial charge on any atom is 0.500 e. The summed E-state index contributed by atoms with van der Waals surface area (Å²) < 4.78 is 19.7. The number of rotatable bonds is 40. The Kier molecular flexibility index (Phi) is 36.5. The highest BCUT2D eigenvalue weighted by atomic mass is 35.5. The zero-order chi connectivity index (χ0) is 34.6. The Morgan fingerprint density at radius 1 is 0.340 bits per heavy atom. The van der Waals surface area contributed by atoms with E-state index in [2.05, 4.69) is 34.6 Å². The predicted molar refractivity (Wildman–Crippen MR) is 213 cm³/mol. The summed E-state index contributed by atoms with van der Waals surface area (Å²) in [6.45, 7) is 13.6. The molecule has 3 nitrogen and oxygen atoms in total. The van der Waals surface area contributed by atoms with Crippen LogP contribution in [0.25, 0.3) is 0 Å². The normalized spacial score (nSPS) is 12.4. The molecule has 0 saturated carbocycles. The van der Waals surface area contributed by atoms with Gasteiger partial charge in [-0.1, -0.05) is 195 Å². The molecule has 0 aromatic carbocycles. The maximum absolute atomic E-state index is 7.59. The lowest BCUT2D eigenvalue weighted by Gasteiger charge is -2.32. The molecule has 0 aromatic rings. The van der Waals surface area contributed by atoms with E-state index in [9.17, 15) is 0 Å². The van der Waals surface area contributed by atoms with Crippen LogP contribution >= 0.6 is 11.6 Å². The Bertz CT molecular complexity index is 552. The second-order valence-electron chi connectivity index (χ2n) is 14.9. The van der Waals surface area contributed by atoms with E-state index in [1.807, 2.05) is 0 Å². The van der Waals surface area contributed by atoms with Gasteiger partial charge in [0.05, 0.1) is 0 Å². The summed E-state index contributed by atoms with van der Waals surface area (Å²) in [5, 5.41) is 0. The maximum atomic E-state index is 7.59. The molecular weight excluding hydrogens is 616 g/mol. The zero-order valence-corrected chi connectivity index (χ0v) is 34.8. The monoisotopic (exact) mass is 703 g/mol. The van der Waals surface area contributed by atoms with Gasteiger partial charge < -0.3 is 13.3 Å². The fraction of sp³-hybridized carbons (Fsp3) is 1.00. The number of unbranched alkanes of at least 4 members (excludes halogenated alkanes) is 23. The van der Waals surface area contributed by atoms with Gasteiger partial charge in [0.15, 0.2) is 0 Å². The first kappa shape index (κ1) is 47.4. The molecular formula is C42H87ClO3Si. The lowest BCUT2D eigenvalue weighted by Crippen LogP contribution is -2.47. The van der Waals surface area contributed by atoms with E-state index in [0.29, 0.717) is 0 Å². The van der Waals surface area contributed by atoms with Crippen molar-refractivity contribution in [2.24, 2.45) is 0 Å². The van der Waals surface area contributed by atoms with Crippen molar-refractivity contribution in [1.82, 2.24) is 0 Å². The molecule has 0 N–H and O–H groups in total. The Balaban J connectivity index is 4.94. The summed E-state index contributed by atoms with van der Waals surface area (Å²) in [6.07, 6.45) is 41.6. The molecule has 0 atom stereocenters. The van der Waals surface area contributed by atoms with Crippen molar-refractivity contribution in [3.8, 4) is 0 Å². The van der Waals surface area contributed by atoms with Gasteiger partial charge >= 0.3 is 8.80 Å². The topological polar surface area (TPSA) is 27.7 Å². The third kappa shape index (κ3) is 30.9. The zero-order valence-electron chi connectivity index (χ0n) is 33.1. The number of hydrogen-bond donors (Lipinski definition) is 0. The van der Waals surface area contributed by atoms with Crippen LogP contribution < -0.4 is 0 Å². The first-order valence-electron chi connectivity index (χ1n) is 21.6. The highest BCUT2D eigenvalue weighted by Gasteiger charge is 2.41. The second-order valence-corrected chi connectivity index (χ2v) is 18.4. The number of halogens is 1. The standard InChI is InChI=1S/C42H87ClO3Si/c1-6-11-16-18-20-22-24-26-28-30-32-35-42(43,36-33-31-29-27-25-23-21-19-17-12-7-2)37-34-41-47(44-38-13-8-3,45-39-14-9-4)46-40-15-10-5/h6-41H2,1-5H3. The minimum atomic E-state index is -2.70. The van der Waals surface area contributed by atoms with Crippen molar-refractivity contribution in [2.45, 2.75) is 251 Å². The average molecular weight is 704 g/mol. The molecule has 0 aliphatic carbocycles. The van der Waals surface area contributed by atoms with Gasteiger partial charge in [-0.05, 0) is 44.9 Å². The average Bonchev–Trinajstić information content (AvgIpc) is 3.06. The van der Waals surface area contributed by atoms with Crippen LogP contribution in [0.1, 0.15) is 240 Å². The fourth-order valence-corrected chi connectivity index (χ4v) is 9.73. The van der Waals surface area contributed by atoms with Crippen molar-refractivity contribution in [1.29, 1.82) is 0 Å². The molecule has 47 heavy (non-hydrogen) atoms. The van der Waals surface area contributed by atoms with Crippen LogP contribution in [0.5, 0.6) is 0 Å². The summed E-state index contributed by atoms with van der Waals surface area (Å²) in [6, 6.07) is 0.912.